The molecule has 0 aliphatic heterocycles. The van der Waals surface area contributed by atoms with Gasteiger partial charge in [-0.05, 0) is 80.5 Å². The molecule has 4 aliphatic rings. The molecule has 4 saturated carbocycles. The molecule has 1 aromatic rings. The maximum absolute atomic E-state index is 6.45. The number of ether oxygens (including phenoxy) is 1. The van der Waals surface area contributed by atoms with E-state index in [0.717, 1.165) is 29.2 Å². The number of nitrogens with two attached hydrogens (primary N) is 1. The first kappa shape index (κ1) is 11.6. The molecular weight excluding hydrogens is 236 g/mol. The topological polar surface area (TPSA) is 47.3 Å². The molecule has 0 unspecified atom stereocenters. The Balaban J connectivity index is 1.55. The van der Waals surface area contributed by atoms with Gasteiger partial charge in [0.25, 0.3) is 0 Å². The van der Waals surface area contributed by atoms with Gasteiger partial charge in [-0.15, -0.1) is 0 Å². The van der Waals surface area contributed by atoms with E-state index in [1.807, 2.05) is 24.3 Å². The fourth-order valence-electron chi connectivity index (χ4n) is 5.03. The quantitative estimate of drug-likeness (QED) is 0.646. The van der Waals surface area contributed by atoms with E-state index in [9.17, 15) is 0 Å². The second-order valence-corrected chi connectivity index (χ2v) is 6.87. The van der Waals surface area contributed by atoms with Crippen LogP contribution in [0.5, 0.6) is 5.75 Å². The zero-order chi connectivity index (χ0) is 12.9. The van der Waals surface area contributed by atoms with E-state index in [2.05, 4.69) is 5.43 Å². The van der Waals surface area contributed by atoms with E-state index in [1.165, 1.54) is 38.5 Å². The molecule has 0 saturated heterocycles. The molecule has 0 aromatic heterocycles. The molecule has 3 nitrogen and oxygen atoms in total. The van der Waals surface area contributed by atoms with Gasteiger partial charge in [-0.2, -0.15) is 0 Å². The highest BCUT2D eigenvalue weighted by Crippen LogP contribution is 2.57. The van der Waals surface area contributed by atoms with Crippen LogP contribution in [0.25, 0.3) is 0 Å². The van der Waals surface area contributed by atoms with Crippen LogP contribution in [0.3, 0.4) is 0 Å². The summed E-state index contributed by atoms with van der Waals surface area (Å²) in [7, 11) is 0. The van der Waals surface area contributed by atoms with Gasteiger partial charge in [0.1, 0.15) is 11.4 Å². The highest BCUT2D eigenvalue weighted by atomic mass is 16.5. The molecule has 102 valence electrons. The van der Waals surface area contributed by atoms with Gasteiger partial charge in [0.2, 0.25) is 0 Å². The molecule has 19 heavy (non-hydrogen) atoms. The molecule has 0 amide bonds. The third kappa shape index (κ3) is 2.00. The Morgan fingerprint density at radius 1 is 0.947 bits per heavy atom. The van der Waals surface area contributed by atoms with Crippen LogP contribution in [0.4, 0.5) is 5.69 Å². The van der Waals surface area contributed by atoms with Crippen LogP contribution < -0.4 is 16.0 Å². The fourth-order valence-corrected chi connectivity index (χ4v) is 5.03. The molecule has 0 spiro atoms. The van der Waals surface area contributed by atoms with Crippen LogP contribution in [0, 0.1) is 17.8 Å². The predicted molar refractivity (Wildman–Crippen MR) is 75.8 cm³/mol. The van der Waals surface area contributed by atoms with Crippen molar-refractivity contribution in [3.8, 4) is 5.75 Å². The number of hydrogen-bond acceptors (Lipinski definition) is 3. The lowest BCUT2D eigenvalue weighted by Gasteiger charge is -2.56. The fraction of sp³-hybridized carbons (Fsp3) is 0.625. The molecule has 4 aliphatic carbocycles. The van der Waals surface area contributed by atoms with Gasteiger partial charge in [0.05, 0.1) is 0 Å². The van der Waals surface area contributed by atoms with Crippen LogP contribution in [-0.2, 0) is 0 Å². The van der Waals surface area contributed by atoms with Crippen LogP contribution in [-0.4, -0.2) is 5.60 Å². The molecule has 0 atom stereocenters. The van der Waals surface area contributed by atoms with E-state index in [0.29, 0.717) is 0 Å². The highest BCUT2D eigenvalue weighted by molar-refractivity contribution is 5.45. The number of benzene rings is 1. The van der Waals surface area contributed by atoms with Crippen molar-refractivity contribution in [2.75, 3.05) is 5.43 Å². The third-order valence-electron chi connectivity index (χ3n) is 5.34. The lowest BCUT2D eigenvalue weighted by molar-refractivity contribution is -0.107. The summed E-state index contributed by atoms with van der Waals surface area (Å²) in [5.74, 6) is 9.18. The van der Waals surface area contributed by atoms with Gasteiger partial charge in [0, 0.05) is 5.69 Å². The molecular formula is C16H22N2O. The molecule has 4 bridgehead atoms. The normalized spacial score (nSPS) is 39.3. The van der Waals surface area contributed by atoms with E-state index in [-0.39, 0.29) is 5.60 Å². The van der Waals surface area contributed by atoms with Crippen molar-refractivity contribution in [1.29, 1.82) is 0 Å². The Hall–Kier alpha value is -1.22. The summed E-state index contributed by atoms with van der Waals surface area (Å²) >= 11 is 0. The summed E-state index contributed by atoms with van der Waals surface area (Å²) in [5.41, 5.74) is 3.73. The van der Waals surface area contributed by atoms with Crippen molar-refractivity contribution in [3.63, 3.8) is 0 Å². The predicted octanol–water partition coefficient (Wildman–Crippen LogP) is 3.32. The van der Waals surface area contributed by atoms with Gasteiger partial charge in [-0.3, -0.25) is 5.84 Å². The largest absolute Gasteiger partial charge is 0.487 e. The summed E-state index contributed by atoms with van der Waals surface area (Å²) in [6, 6.07) is 8.03. The lowest BCUT2D eigenvalue weighted by atomic mass is 9.54. The maximum Gasteiger partial charge on any atom is 0.120 e. The van der Waals surface area contributed by atoms with Crippen LogP contribution in [0.1, 0.15) is 38.5 Å². The summed E-state index contributed by atoms with van der Waals surface area (Å²) in [5, 5.41) is 0. The van der Waals surface area contributed by atoms with Crippen LogP contribution in [0.15, 0.2) is 24.3 Å². The Morgan fingerprint density at radius 2 is 1.47 bits per heavy atom. The van der Waals surface area contributed by atoms with E-state index in [4.69, 9.17) is 10.6 Å². The first-order valence-electron chi connectivity index (χ1n) is 7.50. The monoisotopic (exact) mass is 258 g/mol. The van der Waals surface area contributed by atoms with Gasteiger partial charge in [0.15, 0.2) is 0 Å². The first-order valence-corrected chi connectivity index (χ1v) is 7.50. The second-order valence-electron chi connectivity index (χ2n) is 6.87. The number of nitrogens with one attached hydrogen (secondary N) is 1. The summed E-state index contributed by atoms with van der Waals surface area (Å²) in [6.45, 7) is 0. The molecule has 3 N–H and O–H groups in total. The van der Waals surface area contributed by atoms with Gasteiger partial charge in [-0.1, -0.05) is 0 Å². The number of hydrogen-bond donors (Lipinski definition) is 2. The molecule has 3 heteroatoms. The number of rotatable bonds is 3. The smallest absolute Gasteiger partial charge is 0.120 e. The molecule has 4 fully saturated rings. The third-order valence-corrected chi connectivity index (χ3v) is 5.34. The van der Waals surface area contributed by atoms with Crippen molar-refractivity contribution in [2.45, 2.75) is 44.1 Å². The molecule has 5 rings (SSSR count). The molecule has 0 radical (unpaired) electrons. The standard InChI is InChI=1S/C16H22N2O/c17-18-14-1-3-15(4-2-14)19-16-8-11-5-12(9-16)7-13(6-11)10-16/h1-4,11-13,18H,5-10,17H2. The van der Waals surface area contributed by atoms with Crippen molar-refractivity contribution < 1.29 is 4.74 Å². The SMILES string of the molecule is NNc1ccc(OC23CC4CC(CC(C4)C2)C3)cc1. The number of hydrazine groups is 1. The molecule has 0 heterocycles. The van der Waals surface area contributed by atoms with Crippen molar-refractivity contribution in [1.82, 2.24) is 0 Å². The van der Waals surface area contributed by atoms with Crippen molar-refractivity contribution in [2.24, 2.45) is 23.6 Å². The van der Waals surface area contributed by atoms with Crippen LogP contribution in [0.2, 0.25) is 0 Å². The minimum absolute atomic E-state index is 0.145. The minimum Gasteiger partial charge on any atom is -0.487 e. The van der Waals surface area contributed by atoms with Crippen molar-refractivity contribution in [3.05, 3.63) is 24.3 Å². The summed E-state index contributed by atoms with van der Waals surface area (Å²) < 4.78 is 6.45. The average molecular weight is 258 g/mol. The van der Waals surface area contributed by atoms with E-state index >= 15 is 0 Å². The Bertz CT molecular complexity index is 433. The van der Waals surface area contributed by atoms with Gasteiger partial charge >= 0.3 is 0 Å². The zero-order valence-electron chi connectivity index (χ0n) is 11.3. The summed E-state index contributed by atoms with van der Waals surface area (Å²) in [6.07, 6.45) is 8.19. The Labute approximate surface area is 114 Å². The average Bonchev–Trinajstić information content (AvgIpc) is 2.37. The molecule has 1 aromatic carbocycles. The van der Waals surface area contributed by atoms with E-state index < -0.39 is 0 Å². The zero-order valence-corrected chi connectivity index (χ0v) is 11.3. The minimum atomic E-state index is 0.145. The van der Waals surface area contributed by atoms with Crippen molar-refractivity contribution >= 4 is 5.69 Å². The Morgan fingerprint density at radius 3 is 1.95 bits per heavy atom. The van der Waals surface area contributed by atoms with E-state index in [1.54, 1.807) is 0 Å². The lowest BCUT2D eigenvalue weighted by Crippen LogP contribution is -2.53. The number of anilines is 1. The Kier molecular flexibility index (Phi) is 2.52. The van der Waals surface area contributed by atoms with Crippen LogP contribution >= 0.6 is 0 Å². The second kappa shape index (κ2) is 4.14. The maximum atomic E-state index is 6.45. The highest BCUT2D eigenvalue weighted by Gasteiger charge is 2.52. The number of nitrogen functional groups attached to an aromatic ring is 1. The van der Waals surface area contributed by atoms with Gasteiger partial charge < -0.3 is 10.2 Å². The summed E-state index contributed by atoms with van der Waals surface area (Å²) in [4.78, 5) is 0. The first-order chi connectivity index (χ1) is 9.25. The van der Waals surface area contributed by atoms with Gasteiger partial charge in [-0.25, -0.2) is 0 Å².